The quantitative estimate of drug-likeness (QED) is 0.158. The van der Waals surface area contributed by atoms with Gasteiger partial charge in [-0.3, -0.25) is 0 Å². The predicted molar refractivity (Wildman–Crippen MR) is 243 cm³/mol. The van der Waals surface area contributed by atoms with Gasteiger partial charge in [-0.1, -0.05) is 143 Å². The van der Waals surface area contributed by atoms with Crippen molar-refractivity contribution in [1.29, 1.82) is 0 Å². The van der Waals surface area contributed by atoms with E-state index in [1.54, 1.807) is 0 Å². The van der Waals surface area contributed by atoms with Crippen LogP contribution in [0, 0.1) is 0 Å². The number of aromatic nitrogens is 1. The van der Waals surface area contributed by atoms with Crippen LogP contribution in [0.4, 0.5) is 17.1 Å². The fourth-order valence-electron chi connectivity index (χ4n) is 9.82. The van der Waals surface area contributed by atoms with Gasteiger partial charge in [-0.05, 0) is 129 Å². The van der Waals surface area contributed by atoms with Crippen molar-refractivity contribution in [2.75, 3.05) is 4.90 Å². The highest BCUT2D eigenvalue weighted by Gasteiger charge is 2.37. The number of para-hydroxylation sites is 2. The summed E-state index contributed by atoms with van der Waals surface area (Å²) >= 11 is 0. The van der Waals surface area contributed by atoms with Crippen LogP contribution < -0.4 is 4.90 Å². The van der Waals surface area contributed by atoms with Crippen LogP contribution in [0.25, 0.3) is 55.3 Å². The van der Waals surface area contributed by atoms with Gasteiger partial charge in [0, 0.05) is 44.4 Å². The second-order valence-corrected chi connectivity index (χ2v) is 16.6. The molecule has 2 aliphatic carbocycles. The molecule has 276 valence electrons. The Bertz CT molecular complexity index is 2970. The smallest absolute Gasteiger partial charge is 0.0542 e. The Morgan fingerprint density at radius 3 is 1.91 bits per heavy atom. The SMILES string of the molecule is C=CC1=C(/C=C\C)C(C)(C)c2cc(N(c3ccc(-c4ccc5c(c4)C(C)(C)c4ccccc4-5)cc3)c3ccc4c(c3)c3ccccc3n4-c3ccccc3)ccc21. The van der Waals surface area contributed by atoms with Gasteiger partial charge in [0.1, 0.15) is 0 Å². The van der Waals surface area contributed by atoms with Crippen LogP contribution in [0.1, 0.15) is 56.9 Å². The average molecular weight is 735 g/mol. The molecule has 0 radical (unpaired) electrons. The van der Waals surface area contributed by atoms with Gasteiger partial charge in [-0.2, -0.15) is 0 Å². The molecule has 0 atom stereocenters. The van der Waals surface area contributed by atoms with E-state index in [1.807, 2.05) is 6.08 Å². The summed E-state index contributed by atoms with van der Waals surface area (Å²) in [6.07, 6.45) is 6.42. The van der Waals surface area contributed by atoms with E-state index in [0.29, 0.717) is 0 Å². The average Bonchev–Trinajstić information content (AvgIpc) is 3.77. The van der Waals surface area contributed by atoms with E-state index in [-0.39, 0.29) is 10.8 Å². The lowest BCUT2D eigenvalue weighted by Gasteiger charge is -2.29. The molecular weight excluding hydrogens is 689 g/mol. The molecule has 0 bridgehead atoms. The molecule has 10 rings (SSSR count). The van der Waals surface area contributed by atoms with Crippen LogP contribution in [-0.4, -0.2) is 4.57 Å². The summed E-state index contributed by atoms with van der Waals surface area (Å²) in [5.74, 6) is 0. The first-order chi connectivity index (χ1) is 27.7. The van der Waals surface area contributed by atoms with E-state index >= 15 is 0 Å². The zero-order valence-electron chi connectivity index (χ0n) is 33.3. The van der Waals surface area contributed by atoms with Crippen molar-refractivity contribution >= 4 is 44.4 Å². The molecule has 2 nitrogen and oxygen atoms in total. The molecule has 1 aromatic heterocycles. The normalized spacial score (nSPS) is 15.0. The maximum atomic E-state index is 4.24. The first kappa shape index (κ1) is 34.8. The van der Waals surface area contributed by atoms with Crippen molar-refractivity contribution in [3.05, 3.63) is 210 Å². The molecule has 0 aliphatic heterocycles. The van der Waals surface area contributed by atoms with Gasteiger partial charge in [0.2, 0.25) is 0 Å². The molecule has 0 saturated heterocycles. The van der Waals surface area contributed by atoms with Crippen LogP contribution >= 0.6 is 0 Å². The summed E-state index contributed by atoms with van der Waals surface area (Å²) in [5.41, 5.74) is 19.7. The summed E-state index contributed by atoms with van der Waals surface area (Å²) in [6.45, 7) is 15.7. The molecule has 57 heavy (non-hydrogen) atoms. The number of fused-ring (bicyclic) bond motifs is 7. The zero-order chi connectivity index (χ0) is 39.1. The maximum Gasteiger partial charge on any atom is 0.0542 e. The minimum atomic E-state index is -0.176. The van der Waals surface area contributed by atoms with Crippen LogP contribution in [0.15, 0.2) is 188 Å². The molecule has 0 spiro atoms. The summed E-state index contributed by atoms with van der Waals surface area (Å²) in [5, 5.41) is 2.46. The van der Waals surface area contributed by atoms with Crippen LogP contribution in [0.3, 0.4) is 0 Å². The van der Waals surface area contributed by atoms with E-state index in [2.05, 4.69) is 221 Å². The van der Waals surface area contributed by atoms with Gasteiger partial charge in [-0.25, -0.2) is 0 Å². The number of hydrogen-bond acceptors (Lipinski definition) is 1. The number of benzene rings is 7. The maximum absolute atomic E-state index is 4.24. The van der Waals surface area contributed by atoms with Gasteiger partial charge in [-0.15, -0.1) is 0 Å². The lowest BCUT2D eigenvalue weighted by Crippen LogP contribution is -2.17. The lowest BCUT2D eigenvalue weighted by atomic mass is 9.80. The largest absolute Gasteiger partial charge is 0.310 e. The van der Waals surface area contributed by atoms with Gasteiger partial charge < -0.3 is 9.47 Å². The van der Waals surface area contributed by atoms with E-state index in [4.69, 9.17) is 0 Å². The third-order valence-corrected chi connectivity index (χ3v) is 12.7. The Labute approximate surface area is 336 Å². The third kappa shape index (κ3) is 5.24. The Kier molecular flexibility index (Phi) is 7.92. The van der Waals surface area contributed by atoms with Crippen LogP contribution in [-0.2, 0) is 10.8 Å². The number of hydrogen-bond donors (Lipinski definition) is 0. The van der Waals surface area contributed by atoms with Crippen molar-refractivity contribution in [2.24, 2.45) is 0 Å². The highest BCUT2D eigenvalue weighted by atomic mass is 15.1. The Balaban J connectivity index is 1.13. The third-order valence-electron chi connectivity index (χ3n) is 12.7. The molecule has 7 aromatic carbocycles. The first-order valence-electron chi connectivity index (χ1n) is 20.1. The monoisotopic (exact) mass is 734 g/mol. The van der Waals surface area contributed by atoms with Gasteiger partial charge in [0.05, 0.1) is 11.0 Å². The molecule has 2 aliphatic rings. The second kappa shape index (κ2) is 13.0. The number of nitrogens with zero attached hydrogens (tertiary/aromatic N) is 2. The number of anilines is 3. The molecule has 8 aromatic rings. The molecule has 0 N–H and O–H groups in total. The van der Waals surface area contributed by atoms with Crippen molar-refractivity contribution < 1.29 is 0 Å². The Hall–Kier alpha value is -6.64. The fourth-order valence-corrected chi connectivity index (χ4v) is 9.82. The van der Waals surface area contributed by atoms with Crippen molar-refractivity contribution in [3.63, 3.8) is 0 Å². The number of rotatable bonds is 7. The molecule has 0 amide bonds. The van der Waals surface area contributed by atoms with Crippen LogP contribution in [0.2, 0.25) is 0 Å². The zero-order valence-corrected chi connectivity index (χ0v) is 33.3. The standard InChI is InChI=1S/C55H46N2/c1-7-16-48-42(8-2)44-31-28-41(35-51(44)54(48,3)4)56(40-29-32-53-47(34-40)46-20-13-15-22-52(46)57(53)38-17-10-9-11-18-38)39-26-23-36(24-27-39)37-25-30-45-43-19-12-14-21-49(43)55(5,6)50(45)33-37/h7-35H,2H2,1,3-6H3/b16-7-. The highest BCUT2D eigenvalue weighted by Crippen LogP contribution is 2.51. The van der Waals surface area contributed by atoms with Gasteiger partial charge in [0.25, 0.3) is 0 Å². The Morgan fingerprint density at radius 1 is 0.509 bits per heavy atom. The van der Waals surface area contributed by atoms with E-state index in [0.717, 1.165) is 22.7 Å². The highest BCUT2D eigenvalue weighted by molar-refractivity contribution is 6.10. The Morgan fingerprint density at radius 2 is 1.12 bits per heavy atom. The molecule has 0 fully saturated rings. The van der Waals surface area contributed by atoms with E-state index in [1.165, 1.54) is 77.5 Å². The first-order valence-corrected chi connectivity index (χ1v) is 20.1. The lowest BCUT2D eigenvalue weighted by molar-refractivity contribution is 0.654. The fraction of sp³-hybridized carbons (Fsp3) is 0.127. The summed E-state index contributed by atoms with van der Waals surface area (Å²) in [6, 6.07) is 58.4. The molecule has 1 heterocycles. The van der Waals surface area contributed by atoms with Crippen molar-refractivity contribution in [3.8, 4) is 27.9 Å². The topological polar surface area (TPSA) is 8.17 Å². The summed E-state index contributed by atoms with van der Waals surface area (Å²) < 4.78 is 2.38. The minimum Gasteiger partial charge on any atom is -0.310 e. The van der Waals surface area contributed by atoms with E-state index in [9.17, 15) is 0 Å². The second-order valence-electron chi connectivity index (χ2n) is 16.6. The van der Waals surface area contributed by atoms with Crippen molar-refractivity contribution in [1.82, 2.24) is 4.57 Å². The van der Waals surface area contributed by atoms with E-state index < -0.39 is 0 Å². The molecule has 0 saturated carbocycles. The molecule has 2 heteroatoms. The summed E-state index contributed by atoms with van der Waals surface area (Å²) in [4.78, 5) is 2.43. The van der Waals surface area contributed by atoms with Gasteiger partial charge in [0.15, 0.2) is 0 Å². The summed E-state index contributed by atoms with van der Waals surface area (Å²) in [7, 11) is 0. The molecule has 0 unspecified atom stereocenters. The predicted octanol–water partition coefficient (Wildman–Crippen LogP) is 15.0. The van der Waals surface area contributed by atoms with Crippen LogP contribution in [0.5, 0.6) is 0 Å². The van der Waals surface area contributed by atoms with Gasteiger partial charge >= 0.3 is 0 Å². The molecular formula is C55H46N2. The van der Waals surface area contributed by atoms with Crippen molar-refractivity contribution in [2.45, 2.75) is 45.4 Å². The number of allylic oxidation sites excluding steroid dienone is 5. The minimum absolute atomic E-state index is 0.0462.